The summed E-state index contributed by atoms with van der Waals surface area (Å²) in [4.78, 5) is 31.5. The summed E-state index contributed by atoms with van der Waals surface area (Å²) < 4.78 is 0. The Kier molecular flexibility index (Phi) is 3.21. The number of rotatable bonds is 3. The molecule has 1 atom stereocenters. The van der Waals surface area contributed by atoms with Crippen molar-refractivity contribution in [2.24, 2.45) is 9.98 Å². The third-order valence-corrected chi connectivity index (χ3v) is 3.29. The maximum Gasteiger partial charge on any atom is 0.224 e. The van der Waals surface area contributed by atoms with E-state index in [0.29, 0.717) is 21.8 Å². The third kappa shape index (κ3) is 2.58. The zero-order valence-electron chi connectivity index (χ0n) is 11.7. The summed E-state index contributed by atoms with van der Waals surface area (Å²) >= 11 is 0. The second kappa shape index (κ2) is 5.07. The second-order valence-corrected chi connectivity index (χ2v) is 5.06. The van der Waals surface area contributed by atoms with Gasteiger partial charge in [-0.05, 0) is 18.2 Å². The van der Waals surface area contributed by atoms with Crippen LogP contribution in [0.25, 0.3) is 0 Å². The summed E-state index contributed by atoms with van der Waals surface area (Å²) in [5, 5.41) is 13.8. The van der Waals surface area contributed by atoms with Gasteiger partial charge < -0.3 is 15.2 Å². The van der Waals surface area contributed by atoms with Gasteiger partial charge in [-0.15, -0.1) is 0 Å². The normalized spacial score (nSPS) is 18.8. The van der Waals surface area contributed by atoms with E-state index in [0.717, 1.165) is 0 Å². The lowest BCUT2D eigenvalue weighted by atomic mass is 10.0. The fourth-order valence-corrected chi connectivity index (χ4v) is 2.35. The first-order chi connectivity index (χ1) is 10.5. The van der Waals surface area contributed by atoms with Crippen LogP contribution in [0.15, 0.2) is 58.5 Å². The molecule has 2 aromatic rings. The molecule has 3 rings (SSSR count). The first-order valence-electron chi connectivity index (χ1n) is 6.66. The minimum absolute atomic E-state index is 0.125. The second-order valence-electron chi connectivity index (χ2n) is 5.06. The number of fused-ring (bicyclic) bond motifs is 1. The predicted octanol–water partition coefficient (Wildman–Crippen LogP) is -0.223. The molecule has 1 unspecified atom stereocenters. The Morgan fingerprint density at radius 3 is 2.36 bits per heavy atom. The van der Waals surface area contributed by atoms with Crippen LogP contribution < -0.4 is 21.1 Å². The smallest absolute Gasteiger partial charge is 0.224 e. The number of carboxylic acid groups (broad SMARTS) is 1. The Labute approximate surface area is 125 Å². The van der Waals surface area contributed by atoms with Crippen LogP contribution >= 0.6 is 0 Å². The van der Waals surface area contributed by atoms with Gasteiger partial charge in [0.2, 0.25) is 5.79 Å². The van der Waals surface area contributed by atoms with Crippen LogP contribution in [0.2, 0.25) is 0 Å². The van der Waals surface area contributed by atoms with Crippen molar-refractivity contribution in [2.45, 2.75) is 12.7 Å². The van der Waals surface area contributed by atoms with E-state index in [1.54, 1.807) is 42.5 Å². The van der Waals surface area contributed by atoms with E-state index in [9.17, 15) is 14.7 Å². The number of ketones is 1. The molecule has 0 saturated carbocycles. The lowest BCUT2D eigenvalue weighted by molar-refractivity contribution is -0.252. The molecular formula is C16H12N3O3-. The minimum Gasteiger partial charge on any atom is -0.530 e. The van der Waals surface area contributed by atoms with Gasteiger partial charge in [0.05, 0.1) is 10.7 Å². The molecular weight excluding hydrogens is 282 g/mol. The van der Waals surface area contributed by atoms with E-state index < -0.39 is 11.9 Å². The van der Waals surface area contributed by atoms with Crippen molar-refractivity contribution >= 4 is 11.9 Å². The van der Waals surface area contributed by atoms with Crippen molar-refractivity contribution in [2.75, 3.05) is 0 Å². The SMILES string of the molecule is CC1(NC(=O)[O-])N=c2ccc(C(=O)c3ccccc3)cc2=N1. The molecule has 1 aliphatic rings. The maximum absolute atomic E-state index is 12.4. The van der Waals surface area contributed by atoms with Gasteiger partial charge in [-0.25, -0.2) is 9.98 Å². The zero-order chi connectivity index (χ0) is 15.7. The molecule has 0 fully saturated rings. The molecule has 6 heteroatoms. The molecule has 0 saturated heterocycles. The standard InChI is InChI=1S/C16H13N3O3/c1-16(19-15(21)22)17-12-8-7-11(9-13(12)18-16)14(20)10-5-3-2-4-6-10/h2-9,19H,1H3,(H,21,22)/p-1. The van der Waals surface area contributed by atoms with Gasteiger partial charge in [-0.2, -0.15) is 0 Å². The van der Waals surface area contributed by atoms with E-state index in [2.05, 4.69) is 15.3 Å². The largest absolute Gasteiger partial charge is 0.530 e. The number of carbonyl (C=O) groups excluding carboxylic acids is 2. The van der Waals surface area contributed by atoms with Crippen LogP contribution in [0.1, 0.15) is 22.8 Å². The van der Waals surface area contributed by atoms with Gasteiger partial charge in [0.1, 0.15) is 6.09 Å². The fourth-order valence-electron chi connectivity index (χ4n) is 2.35. The van der Waals surface area contributed by atoms with Gasteiger partial charge in [0.15, 0.2) is 5.78 Å². The summed E-state index contributed by atoms with van der Waals surface area (Å²) in [5.74, 6) is -1.43. The number of amides is 1. The van der Waals surface area contributed by atoms with Crippen LogP contribution in [0, 0.1) is 0 Å². The van der Waals surface area contributed by atoms with Crippen molar-refractivity contribution < 1.29 is 14.7 Å². The zero-order valence-corrected chi connectivity index (χ0v) is 11.7. The summed E-state index contributed by atoms with van der Waals surface area (Å²) in [6.07, 6.45) is -1.46. The third-order valence-electron chi connectivity index (χ3n) is 3.29. The Hall–Kier alpha value is -3.02. The molecule has 0 aliphatic carbocycles. The van der Waals surface area contributed by atoms with Crippen LogP contribution in [0.5, 0.6) is 0 Å². The molecule has 1 amide bonds. The monoisotopic (exact) mass is 294 g/mol. The predicted molar refractivity (Wildman–Crippen MR) is 75.6 cm³/mol. The average Bonchev–Trinajstić information content (AvgIpc) is 2.81. The van der Waals surface area contributed by atoms with Crippen molar-refractivity contribution in [1.29, 1.82) is 0 Å². The lowest BCUT2D eigenvalue weighted by Gasteiger charge is -2.20. The number of carbonyl (C=O) groups is 2. The highest BCUT2D eigenvalue weighted by Crippen LogP contribution is 2.10. The van der Waals surface area contributed by atoms with Gasteiger partial charge in [0, 0.05) is 18.1 Å². The molecule has 0 radical (unpaired) electrons. The van der Waals surface area contributed by atoms with Crippen molar-refractivity contribution in [3.8, 4) is 0 Å². The molecule has 110 valence electrons. The van der Waals surface area contributed by atoms with E-state index in [-0.39, 0.29) is 5.78 Å². The summed E-state index contributed by atoms with van der Waals surface area (Å²) in [5.41, 5.74) is 1.05. The van der Waals surface area contributed by atoms with Crippen LogP contribution in [0.3, 0.4) is 0 Å². The van der Waals surface area contributed by atoms with Crippen LogP contribution in [0.4, 0.5) is 4.79 Å². The highest BCUT2D eigenvalue weighted by molar-refractivity contribution is 6.08. The van der Waals surface area contributed by atoms with Crippen molar-refractivity contribution in [3.05, 3.63) is 70.4 Å². The number of benzene rings is 2. The summed E-state index contributed by atoms with van der Waals surface area (Å²) in [7, 11) is 0. The van der Waals surface area contributed by atoms with E-state index in [4.69, 9.17) is 0 Å². The topological polar surface area (TPSA) is 94.0 Å². The first kappa shape index (κ1) is 13.9. The number of hydrogen-bond acceptors (Lipinski definition) is 5. The number of hydrogen-bond donors (Lipinski definition) is 1. The van der Waals surface area contributed by atoms with E-state index >= 15 is 0 Å². The van der Waals surface area contributed by atoms with Gasteiger partial charge in [-0.1, -0.05) is 30.3 Å². The highest BCUT2D eigenvalue weighted by atomic mass is 16.4. The van der Waals surface area contributed by atoms with Crippen molar-refractivity contribution in [1.82, 2.24) is 5.32 Å². The molecule has 0 spiro atoms. The number of nitrogens with zero attached hydrogens (tertiary/aromatic N) is 2. The molecule has 1 N–H and O–H groups in total. The maximum atomic E-state index is 12.4. The first-order valence-corrected chi connectivity index (χ1v) is 6.66. The molecule has 1 heterocycles. The van der Waals surface area contributed by atoms with Crippen LogP contribution in [-0.2, 0) is 0 Å². The summed E-state index contributed by atoms with van der Waals surface area (Å²) in [6, 6.07) is 13.8. The van der Waals surface area contributed by atoms with Gasteiger partial charge in [0.25, 0.3) is 0 Å². The quantitative estimate of drug-likeness (QED) is 0.793. The Balaban J connectivity index is 2.00. The Morgan fingerprint density at radius 2 is 1.68 bits per heavy atom. The summed E-state index contributed by atoms with van der Waals surface area (Å²) in [6.45, 7) is 1.52. The number of nitrogens with one attached hydrogen (secondary N) is 1. The van der Waals surface area contributed by atoms with Gasteiger partial charge >= 0.3 is 0 Å². The Morgan fingerprint density at radius 1 is 1.00 bits per heavy atom. The molecule has 22 heavy (non-hydrogen) atoms. The fraction of sp³-hybridized carbons (Fsp3) is 0.125. The van der Waals surface area contributed by atoms with Crippen LogP contribution in [-0.4, -0.2) is 17.7 Å². The Bertz CT molecular complexity index is 877. The highest BCUT2D eigenvalue weighted by Gasteiger charge is 2.25. The van der Waals surface area contributed by atoms with E-state index in [1.165, 1.54) is 6.92 Å². The molecule has 1 aliphatic heterocycles. The minimum atomic E-state index is -1.46. The van der Waals surface area contributed by atoms with Gasteiger partial charge in [-0.3, -0.25) is 4.79 Å². The lowest BCUT2D eigenvalue weighted by Crippen LogP contribution is -2.48. The molecule has 6 nitrogen and oxygen atoms in total. The van der Waals surface area contributed by atoms with Crippen molar-refractivity contribution in [3.63, 3.8) is 0 Å². The molecule has 0 aromatic heterocycles. The molecule has 2 aromatic carbocycles. The van der Waals surface area contributed by atoms with E-state index in [1.807, 2.05) is 6.07 Å². The molecule has 0 bridgehead atoms. The average molecular weight is 294 g/mol.